The largest absolute Gasteiger partial charge is 0.459 e. The molecular weight excluding hydrogens is 292 g/mol. The van der Waals surface area contributed by atoms with Gasteiger partial charge in [0.2, 0.25) is 0 Å². The molecule has 1 aliphatic heterocycles. The zero-order valence-electron chi connectivity index (χ0n) is 15.7. The molecule has 1 atom stereocenters. The lowest BCUT2D eigenvalue weighted by molar-refractivity contribution is -0.153. The Hall–Kier alpha value is -1.30. The summed E-state index contributed by atoms with van der Waals surface area (Å²) in [4.78, 5) is 20.8. The van der Waals surface area contributed by atoms with Gasteiger partial charge in [0.25, 0.3) is 0 Å². The Morgan fingerprint density at radius 3 is 2.52 bits per heavy atom. The number of carbonyl (C=O) groups is 1. The van der Waals surface area contributed by atoms with E-state index in [0.29, 0.717) is 5.92 Å². The Balaban J connectivity index is 2.43. The Morgan fingerprint density at radius 1 is 1.35 bits per heavy atom. The lowest BCUT2D eigenvalue weighted by Crippen LogP contribution is -2.43. The van der Waals surface area contributed by atoms with E-state index in [1.165, 1.54) is 6.42 Å². The van der Waals surface area contributed by atoms with Crippen LogP contribution in [0.25, 0.3) is 0 Å². The van der Waals surface area contributed by atoms with E-state index in [0.717, 1.165) is 38.7 Å². The quantitative estimate of drug-likeness (QED) is 0.456. The van der Waals surface area contributed by atoms with Gasteiger partial charge in [0, 0.05) is 26.7 Å². The average Bonchev–Trinajstić information content (AvgIpc) is 2.92. The van der Waals surface area contributed by atoms with E-state index < -0.39 is 5.60 Å². The first-order valence-corrected chi connectivity index (χ1v) is 8.68. The number of ether oxygens (including phenoxy) is 1. The highest BCUT2D eigenvalue weighted by Crippen LogP contribution is 2.17. The fourth-order valence-corrected chi connectivity index (χ4v) is 2.88. The Bertz CT molecular complexity index is 400. The van der Waals surface area contributed by atoms with Crippen molar-refractivity contribution in [3.63, 3.8) is 0 Å². The minimum Gasteiger partial charge on any atom is -0.459 e. The summed E-state index contributed by atoms with van der Waals surface area (Å²) in [6.07, 6.45) is 1.17. The Kier molecular flexibility index (Phi) is 7.82. The molecule has 1 fully saturated rings. The zero-order chi connectivity index (χ0) is 17.5. The molecule has 1 rings (SSSR count). The maximum Gasteiger partial charge on any atom is 0.325 e. The minimum absolute atomic E-state index is 0.154. The van der Waals surface area contributed by atoms with Gasteiger partial charge in [0.15, 0.2) is 5.96 Å². The summed E-state index contributed by atoms with van der Waals surface area (Å²) in [5.41, 5.74) is -0.454. The normalized spacial score (nSPS) is 19.3. The van der Waals surface area contributed by atoms with Gasteiger partial charge in [0.1, 0.15) is 12.1 Å². The molecule has 0 aromatic heterocycles. The van der Waals surface area contributed by atoms with Crippen molar-refractivity contribution in [2.45, 2.75) is 46.6 Å². The third-order valence-electron chi connectivity index (χ3n) is 4.02. The third kappa shape index (κ3) is 7.20. The second-order valence-corrected chi connectivity index (χ2v) is 7.07. The number of likely N-dealkylation sites (tertiary alicyclic amines) is 1. The fourth-order valence-electron chi connectivity index (χ4n) is 2.88. The van der Waals surface area contributed by atoms with Gasteiger partial charge in [-0.05, 0) is 46.2 Å². The van der Waals surface area contributed by atoms with Crippen molar-refractivity contribution in [2.24, 2.45) is 10.9 Å². The van der Waals surface area contributed by atoms with Crippen LogP contribution >= 0.6 is 0 Å². The van der Waals surface area contributed by atoms with Gasteiger partial charge in [-0.15, -0.1) is 0 Å². The Morgan fingerprint density at radius 2 is 2.00 bits per heavy atom. The van der Waals surface area contributed by atoms with Crippen LogP contribution in [-0.4, -0.2) is 73.6 Å². The lowest BCUT2D eigenvalue weighted by atomic mass is 10.1. The molecular formula is C17H34N4O2. The predicted molar refractivity (Wildman–Crippen MR) is 94.7 cm³/mol. The maximum atomic E-state index is 11.8. The summed E-state index contributed by atoms with van der Waals surface area (Å²) in [5.74, 6) is 1.20. The van der Waals surface area contributed by atoms with E-state index in [4.69, 9.17) is 4.74 Å². The van der Waals surface area contributed by atoms with Crippen LogP contribution in [0.1, 0.15) is 41.0 Å². The molecule has 1 aliphatic rings. The van der Waals surface area contributed by atoms with Crippen molar-refractivity contribution in [2.75, 3.05) is 46.3 Å². The highest BCUT2D eigenvalue weighted by atomic mass is 16.6. The van der Waals surface area contributed by atoms with Crippen LogP contribution in [-0.2, 0) is 9.53 Å². The molecule has 0 radical (unpaired) electrons. The van der Waals surface area contributed by atoms with Gasteiger partial charge in [-0.1, -0.05) is 13.8 Å². The number of guanidine groups is 1. The van der Waals surface area contributed by atoms with Gasteiger partial charge < -0.3 is 19.9 Å². The summed E-state index contributed by atoms with van der Waals surface area (Å²) in [5, 5.41) is 3.12. The Labute approximate surface area is 141 Å². The van der Waals surface area contributed by atoms with Crippen molar-refractivity contribution >= 4 is 11.9 Å². The number of aliphatic imine (C=N–C) groups is 1. The molecule has 0 spiro atoms. The molecule has 6 heteroatoms. The molecule has 0 bridgehead atoms. The molecule has 1 saturated heterocycles. The molecule has 1 heterocycles. The number of nitrogens with zero attached hydrogens (tertiary/aromatic N) is 3. The third-order valence-corrected chi connectivity index (χ3v) is 4.02. The second kappa shape index (κ2) is 9.11. The van der Waals surface area contributed by atoms with Crippen molar-refractivity contribution in [1.29, 1.82) is 0 Å². The molecule has 1 N–H and O–H groups in total. The molecule has 23 heavy (non-hydrogen) atoms. The molecule has 6 nitrogen and oxygen atoms in total. The number of hydrogen-bond acceptors (Lipinski definition) is 4. The average molecular weight is 326 g/mol. The molecule has 0 aliphatic carbocycles. The molecule has 0 saturated carbocycles. The standard InChI is InChI=1S/C17H34N4O2/c1-7-20(8-2)12-14-9-10-21(13-14)16(18-6)19-11-15(22)23-17(3,4)5/h14H,7-13H2,1-6H3,(H,18,19). The highest BCUT2D eigenvalue weighted by Gasteiger charge is 2.26. The maximum absolute atomic E-state index is 11.8. The SMILES string of the molecule is CCN(CC)CC1CCN(C(=NC)NCC(=O)OC(C)(C)C)C1. The molecule has 0 aromatic rings. The molecule has 134 valence electrons. The summed E-state index contributed by atoms with van der Waals surface area (Å²) in [7, 11) is 1.76. The number of rotatable bonds is 6. The van der Waals surface area contributed by atoms with Crippen LogP contribution in [0.4, 0.5) is 0 Å². The summed E-state index contributed by atoms with van der Waals surface area (Å²) >= 11 is 0. The first-order chi connectivity index (χ1) is 10.8. The van der Waals surface area contributed by atoms with Crippen LogP contribution in [0, 0.1) is 5.92 Å². The highest BCUT2D eigenvalue weighted by molar-refractivity contribution is 5.84. The van der Waals surface area contributed by atoms with Gasteiger partial charge in [-0.25, -0.2) is 0 Å². The van der Waals surface area contributed by atoms with E-state index in [1.54, 1.807) is 7.05 Å². The number of hydrogen-bond donors (Lipinski definition) is 1. The molecule has 1 unspecified atom stereocenters. The fraction of sp³-hybridized carbons (Fsp3) is 0.882. The number of nitrogens with one attached hydrogen (secondary N) is 1. The minimum atomic E-state index is -0.454. The topological polar surface area (TPSA) is 57.2 Å². The van der Waals surface area contributed by atoms with Crippen molar-refractivity contribution in [1.82, 2.24) is 15.1 Å². The molecule has 0 aromatic carbocycles. The molecule has 0 amide bonds. The van der Waals surface area contributed by atoms with E-state index in [2.05, 4.69) is 34.0 Å². The smallest absolute Gasteiger partial charge is 0.325 e. The van der Waals surface area contributed by atoms with E-state index >= 15 is 0 Å². The van der Waals surface area contributed by atoms with Crippen molar-refractivity contribution < 1.29 is 9.53 Å². The summed E-state index contributed by atoms with van der Waals surface area (Å²) in [6.45, 7) is 15.5. The van der Waals surface area contributed by atoms with Crippen LogP contribution in [0.5, 0.6) is 0 Å². The number of esters is 1. The number of carbonyl (C=O) groups excluding carboxylic acids is 1. The van der Waals surface area contributed by atoms with Crippen LogP contribution in [0.15, 0.2) is 4.99 Å². The van der Waals surface area contributed by atoms with Crippen LogP contribution in [0.2, 0.25) is 0 Å². The second-order valence-electron chi connectivity index (χ2n) is 7.07. The van der Waals surface area contributed by atoms with Gasteiger partial charge in [-0.3, -0.25) is 9.79 Å². The lowest BCUT2D eigenvalue weighted by Gasteiger charge is -2.25. The van der Waals surface area contributed by atoms with Gasteiger partial charge >= 0.3 is 5.97 Å². The zero-order valence-corrected chi connectivity index (χ0v) is 15.7. The first-order valence-electron chi connectivity index (χ1n) is 8.68. The monoisotopic (exact) mass is 326 g/mol. The first kappa shape index (κ1) is 19.7. The van der Waals surface area contributed by atoms with Crippen LogP contribution < -0.4 is 5.32 Å². The van der Waals surface area contributed by atoms with E-state index in [9.17, 15) is 4.79 Å². The van der Waals surface area contributed by atoms with E-state index in [1.807, 2.05) is 20.8 Å². The predicted octanol–water partition coefficient (Wildman–Crippen LogP) is 1.57. The van der Waals surface area contributed by atoms with Crippen molar-refractivity contribution in [3.8, 4) is 0 Å². The van der Waals surface area contributed by atoms with Gasteiger partial charge in [0.05, 0.1) is 0 Å². The summed E-state index contributed by atoms with van der Waals surface area (Å²) in [6, 6.07) is 0. The van der Waals surface area contributed by atoms with Crippen LogP contribution in [0.3, 0.4) is 0 Å². The van der Waals surface area contributed by atoms with E-state index in [-0.39, 0.29) is 12.5 Å². The van der Waals surface area contributed by atoms with Gasteiger partial charge in [-0.2, -0.15) is 0 Å². The summed E-state index contributed by atoms with van der Waals surface area (Å²) < 4.78 is 5.32. The van der Waals surface area contributed by atoms with Crippen molar-refractivity contribution in [3.05, 3.63) is 0 Å².